The Morgan fingerprint density at radius 3 is 2.65 bits per heavy atom. The molecule has 0 radical (unpaired) electrons. The predicted octanol–water partition coefficient (Wildman–Crippen LogP) is 3.49. The van der Waals surface area contributed by atoms with Crippen LogP contribution in [0.25, 0.3) is 10.2 Å². The third-order valence-electron chi connectivity index (χ3n) is 3.35. The van der Waals surface area contributed by atoms with Gasteiger partial charge < -0.3 is 14.8 Å². The minimum absolute atomic E-state index is 0.115. The van der Waals surface area contributed by atoms with Gasteiger partial charge in [0.1, 0.15) is 0 Å². The molecule has 0 aliphatic heterocycles. The van der Waals surface area contributed by atoms with Crippen molar-refractivity contribution in [1.29, 1.82) is 0 Å². The smallest absolute Gasteiger partial charge is 0.230 e. The predicted molar refractivity (Wildman–Crippen MR) is 91.5 cm³/mol. The molecule has 0 aliphatic carbocycles. The van der Waals surface area contributed by atoms with Gasteiger partial charge in [-0.25, -0.2) is 4.98 Å². The van der Waals surface area contributed by atoms with Crippen LogP contribution in [0, 0.1) is 0 Å². The Balaban J connectivity index is 1.71. The minimum Gasteiger partial charge on any atom is -0.493 e. The highest BCUT2D eigenvalue weighted by Gasteiger charge is 2.10. The van der Waals surface area contributed by atoms with E-state index in [1.165, 1.54) is 11.3 Å². The summed E-state index contributed by atoms with van der Waals surface area (Å²) in [6, 6.07) is 13.2. The van der Waals surface area contributed by atoms with E-state index in [0.29, 0.717) is 16.6 Å². The van der Waals surface area contributed by atoms with Crippen molar-refractivity contribution in [2.45, 2.75) is 6.42 Å². The van der Waals surface area contributed by atoms with Crippen LogP contribution in [0.4, 0.5) is 5.13 Å². The first-order valence-corrected chi connectivity index (χ1v) is 7.87. The zero-order chi connectivity index (χ0) is 16.2. The molecule has 3 aromatic rings. The van der Waals surface area contributed by atoms with Gasteiger partial charge in [0.2, 0.25) is 5.91 Å². The van der Waals surface area contributed by atoms with Crippen molar-refractivity contribution in [2.75, 3.05) is 19.5 Å². The highest BCUT2D eigenvalue weighted by molar-refractivity contribution is 7.22. The van der Waals surface area contributed by atoms with Crippen molar-refractivity contribution < 1.29 is 14.3 Å². The van der Waals surface area contributed by atoms with E-state index in [2.05, 4.69) is 10.3 Å². The number of carbonyl (C=O) groups is 1. The van der Waals surface area contributed by atoms with Gasteiger partial charge in [-0.2, -0.15) is 0 Å². The number of ether oxygens (including phenoxy) is 2. The van der Waals surface area contributed by atoms with Crippen molar-refractivity contribution in [2.24, 2.45) is 0 Å². The van der Waals surface area contributed by atoms with E-state index in [1.54, 1.807) is 26.4 Å². The van der Waals surface area contributed by atoms with Crippen LogP contribution in [0.15, 0.2) is 42.5 Å². The Morgan fingerprint density at radius 1 is 1.13 bits per heavy atom. The number of hydrogen-bond acceptors (Lipinski definition) is 5. The molecule has 1 heterocycles. The molecule has 0 bridgehead atoms. The van der Waals surface area contributed by atoms with Crippen LogP contribution in [0.5, 0.6) is 11.5 Å². The third kappa shape index (κ3) is 3.43. The molecular formula is C17H16N2O3S. The Bertz CT molecular complexity index is 812. The fourth-order valence-corrected chi connectivity index (χ4v) is 3.15. The van der Waals surface area contributed by atoms with Crippen LogP contribution in [0.2, 0.25) is 0 Å². The van der Waals surface area contributed by atoms with Crippen LogP contribution >= 0.6 is 11.3 Å². The summed E-state index contributed by atoms with van der Waals surface area (Å²) in [6.45, 7) is 0. The van der Waals surface area contributed by atoms with Crippen molar-refractivity contribution in [1.82, 2.24) is 4.98 Å². The maximum absolute atomic E-state index is 12.2. The maximum Gasteiger partial charge on any atom is 0.230 e. The second kappa shape index (κ2) is 6.66. The Morgan fingerprint density at radius 2 is 1.91 bits per heavy atom. The lowest BCUT2D eigenvalue weighted by molar-refractivity contribution is -0.115. The number of methoxy groups -OCH3 is 2. The first kappa shape index (κ1) is 15.3. The number of carbonyl (C=O) groups excluding carboxylic acids is 1. The van der Waals surface area contributed by atoms with E-state index in [4.69, 9.17) is 9.47 Å². The summed E-state index contributed by atoms with van der Waals surface area (Å²) in [5.41, 5.74) is 1.74. The molecule has 6 heteroatoms. The quantitative estimate of drug-likeness (QED) is 0.779. The molecule has 0 aliphatic rings. The molecule has 1 amide bonds. The monoisotopic (exact) mass is 328 g/mol. The number of amides is 1. The van der Waals surface area contributed by atoms with Crippen LogP contribution in [-0.4, -0.2) is 25.1 Å². The standard InChI is InChI=1S/C17H16N2O3S/c1-21-13-8-7-11(9-14(13)22-2)10-16(20)19-17-18-12-5-3-4-6-15(12)23-17/h3-9H,10H2,1-2H3,(H,18,19,20). The molecule has 5 nitrogen and oxygen atoms in total. The van der Waals surface area contributed by atoms with E-state index in [0.717, 1.165) is 15.8 Å². The van der Waals surface area contributed by atoms with Crippen molar-refractivity contribution in [3.05, 3.63) is 48.0 Å². The molecule has 1 N–H and O–H groups in total. The van der Waals surface area contributed by atoms with Crippen LogP contribution in [0.3, 0.4) is 0 Å². The fourth-order valence-electron chi connectivity index (χ4n) is 2.27. The third-order valence-corrected chi connectivity index (χ3v) is 4.30. The number of fused-ring (bicyclic) bond motifs is 1. The summed E-state index contributed by atoms with van der Waals surface area (Å²) in [5.74, 6) is 1.14. The summed E-state index contributed by atoms with van der Waals surface area (Å²) in [5, 5.41) is 3.45. The Labute approximate surface area is 137 Å². The number of nitrogens with one attached hydrogen (secondary N) is 1. The van der Waals surface area contributed by atoms with E-state index in [1.807, 2.05) is 30.3 Å². The number of nitrogens with zero attached hydrogens (tertiary/aromatic N) is 1. The number of benzene rings is 2. The molecule has 1 aromatic heterocycles. The van der Waals surface area contributed by atoms with Crippen molar-refractivity contribution in [3.63, 3.8) is 0 Å². The number of anilines is 1. The molecule has 23 heavy (non-hydrogen) atoms. The SMILES string of the molecule is COc1ccc(CC(=O)Nc2nc3ccccc3s2)cc1OC. The largest absolute Gasteiger partial charge is 0.493 e. The Hall–Kier alpha value is -2.60. The number of aromatic nitrogens is 1. The second-order valence-electron chi connectivity index (χ2n) is 4.90. The van der Waals surface area contributed by atoms with E-state index in [9.17, 15) is 4.79 Å². The van der Waals surface area contributed by atoms with Gasteiger partial charge in [-0.1, -0.05) is 29.5 Å². The van der Waals surface area contributed by atoms with Crippen LogP contribution in [0.1, 0.15) is 5.56 Å². The van der Waals surface area contributed by atoms with Gasteiger partial charge in [0.15, 0.2) is 16.6 Å². The molecule has 0 unspecified atom stereocenters. The lowest BCUT2D eigenvalue weighted by atomic mass is 10.1. The van der Waals surface area contributed by atoms with Gasteiger partial charge in [0.25, 0.3) is 0 Å². The number of thiazole rings is 1. The molecule has 0 spiro atoms. The van der Waals surface area contributed by atoms with Crippen LogP contribution < -0.4 is 14.8 Å². The zero-order valence-corrected chi connectivity index (χ0v) is 13.6. The van der Waals surface area contributed by atoms with Crippen molar-refractivity contribution in [3.8, 4) is 11.5 Å². The molecule has 3 rings (SSSR count). The topological polar surface area (TPSA) is 60.5 Å². The van der Waals surface area contributed by atoms with Gasteiger partial charge >= 0.3 is 0 Å². The van der Waals surface area contributed by atoms with Crippen molar-refractivity contribution >= 4 is 32.6 Å². The number of hydrogen-bond donors (Lipinski definition) is 1. The summed E-state index contributed by atoms with van der Waals surface area (Å²) in [6.07, 6.45) is 0.246. The van der Waals surface area contributed by atoms with Gasteiger partial charge in [-0.3, -0.25) is 4.79 Å². The van der Waals surface area contributed by atoms with Gasteiger partial charge in [-0.15, -0.1) is 0 Å². The van der Waals surface area contributed by atoms with Gasteiger partial charge in [0, 0.05) is 0 Å². The first-order valence-electron chi connectivity index (χ1n) is 7.06. The fraction of sp³-hybridized carbons (Fsp3) is 0.176. The summed E-state index contributed by atoms with van der Waals surface area (Å²) in [7, 11) is 3.15. The van der Waals surface area contributed by atoms with Gasteiger partial charge in [-0.05, 0) is 29.8 Å². The summed E-state index contributed by atoms with van der Waals surface area (Å²) in [4.78, 5) is 16.6. The zero-order valence-electron chi connectivity index (χ0n) is 12.8. The molecule has 118 valence electrons. The lowest BCUT2D eigenvalue weighted by Crippen LogP contribution is -2.14. The molecule has 0 saturated heterocycles. The van der Waals surface area contributed by atoms with Gasteiger partial charge in [0.05, 0.1) is 30.9 Å². The average Bonchev–Trinajstić information content (AvgIpc) is 2.96. The maximum atomic E-state index is 12.2. The Kier molecular flexibility index (Phi) is 4.43. The second-order valence-corrected chi connectivity index (χ2v) is 5.93. The minimum atomic E-state index is -0.115. The molecule has 0 atom stereocenters. The summed E-state index contributed by atoms with van der Waals surface area (Å²) < 4.78 is 11.5. The molecule has 0 saturated carbocycles. The highest BCUT2D eigenvalue weighted by atomic mass is 32.1. The molecular weight excluding hydrogens is 312 g/mol. The molecule has 2 aromatic carbocycles. The normalized spacial score (nSPS) is 10.5. The number of rotatable bonds is 5. The highest BCUT2D eigenvalue weighted by Crippen LogP contribution is 2.28. The van der Waals surface area contributed by atoms with E-state index in [-0.39, 0.29) is 12.3 Å². The first-order chi connectivity index (χ1) is 11.2. The van der Waals surface area contributed by atoms with E-state index >= 15 is 0 Å². The van der Waals surface area contributed by atoms with Crippen LogP contribution in [-0.2, 0) is 11.2 Å². The average molecular weight is 328 g/mol. The number of para-hydroxylation sites is 1. The lowest BCUT2D eigenvalue weighted by Gasteiger charge is -2.09. The molecule has 0 fully saturated rings. The van der Waals surface area contributed by atoms with E-state index < -0.39 is 0 Å². The summed E-state index contributed by atoms with van der Waals surface area (Å²) >= 11 is 1.46.